The predicted molar refractivity (Wildman–Crippen MR) is 64.9 cm³/mol. The Labute approximate surface area is 95.0 Å². The summed E-state index contributed by atoms with van der Waals surface area (Å²) < 4.78 is 0. The number of quaternary nitrogens is 1. The molecular weight excluding hydrogens is 182 g/mol. The van der Waals surface area contributed by atoms with Crippen molar-refractivity contribution in [3.8, 4) is 0 Å². The van der Waals surface area contributed by atoms with Crippen LogP contribution in [-0.4, -0.2) is 11.1 Å². The number of hydrogen-bond donors (Lipinski definition) is 1. The van der Waals surface area contributed by atoms with Gasteiger partial charge in [-0.05, 0) is 39.5 Å². The van der Waals surface area contributed by atoms with E-state index in [-0.39, 0.29) is 0 Å². The van der Waals surface area contributed by atoms with Gasteiger partial charge in [0.15, 0.2) is 0 Å². The van der Waals surface area contributed by atoms with Gasteiger partial charge in [0.1, 0.15) is 0 Å². The molecule has 2 aliphatic rings. The van der Waals surface area contributed by atoms with Crippen LogP contribution >= 0.6 is 0 Å². The molecule has 1 heteroatoms. The van der Waals surface area contributed by atoms with Gasteiger partial charge in [-0.1, -0.05) is 12.8 Å². The third-order valence-corrected chi connectivity index (χ3v) is 4.69. The zero-order valence-electron chi connectivity index (χ0n) is 10.6. The van der Waals surface area contributed by atoms with E-state index in [0.29, 0.717) is 11.1 Å². The molecule has 0 amide bonds. The van der Waals surface area contributed by atoms with Crippen LogP contribution in [0, 0.1) is 0 Å². The fourth-order valence-electron chi connectivity index (χ4n) is 3.85. The fraction of sp³-hybridized carbons (Fsp3) is 1.00. The molecule has 2 fully saturated rings. The first-order valence-corrected chi connectivity index (χ1v) is 6.99. The van der Waals surface area contributed by atoms with Gasteiger partial charge in [0, 0.05) is 25.7 Å². The van der Waals surface area contributed by atoms with Crippen molar-refractivity contribution in [1.82, 2.24) is 0 Å². The van der Waals surface area contributed by atoms with E-state index in [1.165, 1.54) is 64.2 Å². The van der Waals surface area contributed by atoms with Crippen molar-refractivity contribution >= 4 is 0 Å². The van der Waals surface area contributed by atoms with Crippen LogP contribution in [0.5, 0.6) is 0 Å². The second kappa shape index (κ2) is 4.45. The summed E-state index contributed by atoms with van der Waals surface area (Å²) in [5, 5.41) is 2.76. The summed E-state index contributed by atoms with van der Waals surface area (Å²) in [7, 11) is 0. The van der Waals surface area contributed by atoms with Crippen LogP contribution in [0.4, 0.5) is 0 Å². The average Bonchev–Trinajstić information content (AvgIpc) is 2.18. The SMILES string of the molecule is CC1([NH2+]C2(C)CCCCC2)CCCCC1. The Hall–Kier alpha value is -0.0400. The van der Waals surface area contributed by atoms with Crippen LogP contribution in [0.3, 0.4) is 0 Å². The minimum atomic E-state index is 0.574. The van der Waals surface area contributed by atoms with Gasteiger partial charge < -0.3 is 5.32 Å². The van der Waals surface area contributed by atoms with Crippen molar-refractivity contribution in [2.75, 3.05) is 0 Å². The second-order valence-electron chi connectivity index (χ2n) is 6.57. The van der Waals surface area contributed by atoms with E-state index in [1.807, 2.05) is 0 Å². The van der Waals surface area contributed by atoms with Gasteiger partial charge in [-0.3, -0.25) is 0 Å². The van der Waals surface area contributed by atoms with E-state index in [1.54, 1.807) is 0 Å². The summed E-state index contributed by atoms with van der Waals surface area (Å²) >= 11 is 0. The molecule has 0 heterocycles. The number of nitrogens with two attached hydrogens (primary N) is 1. The standard InChI is InChI=1S/C14H27N/c1-13(9-5-3-6-10-13)15-14(2)11-7-4-8-12-14/h15H,3-12H2,1-2H3/p+1. The summed E-state index contributed by atoms with van der Waals surface area (Å²) in [6, 6.07) is 0. The van der Waals surface area contributed by atoms with E-state index in [0.717, 1.165) is 0 Å². The molecule has 0 bridgehead atoms. The maximum absolute atomic E-state index is 2.76. The lowest BCUT2D eigenvalue weighted by Crippen LogP contribution is -3.05. The lowest BCUT2D eigenvalue weighted by Gasteiger charge is -2.42. The smallest absolute Gasteiger partial charge is 0.0936 e. The van der Waals surface area contributed by atoms with Crippen LogP contribution in [0.15, 0.2) is 0 Å². The van der Waals surface area contributed by atoms with E-state index >= 15 is 0 Å². The molecule has 0 saturated heterocycles. The number of hydrogen-bond acceptors (Lipinski definition) is 0. The van der Waals surface area contributed by atoms with Gasteiger partial charge in [0.25, 0.3) is 0 Å². The fourth-order valence-corrected chi connectivity index (χ4v) is 3.85. The maximum Gasteiger partial charge on any atom is 0.0936 e. The van der Waals surface area contributed by atoms with Gasteiger partial charge in [-0.15, -0.1) is 0 Å². The highest BCUT2D eigenvalue weighted by molar-refractivity contribution is 4.82. The molecule has 0 spiro atoms. The summed E-state index contributed by atoms with van der Waals surface area (Å²) in [6.07, 6.45) is 14.6. The third-order valence-electron chi connectivity index (χ3n) is 4.69. The molecular formula is C14H28N+. The van der Waals surface area contributed by atoms with Crippen LogP contribution in [0.2, 0.25) is 0 Å². The number of rotatable bonds is 2. The van der Waals surface area contributed by atoms with Crippen molar-refractivity contribution in [1.29, 1.82) is 0 Å². The summed E-state index contributed by atoms with van der Waals surface area (Å²) in [5.41, 5.74) is 1.15. The second-order valence-corrected chi connectivity index (χ2v) is 6.57. The van der Waals surface area contributed by atoms with Crippen LogP contribution in [-0.2, 0) is 0 Å². The first kappa shape index (κ1) is 11.4. The summed E-state index contributed by atoms with van der Waals surface area (Å²) in [5.74, 6) is 0. The van der Waals surface area contributed by atoms with Crippen molar-refractivity contribution in [2.45, 2.75) is 89.1 Å². The molecule has 0 radical (unpaired) electrons. The molecule has 0 aromatic carbocycles. The van der Waals surface area contributed by atoms with Gasteiger partial charge in [0.2, 0.25) is 0 Å². The largest absolute Gasteiger partial charge is 0.337 e. The monoisotopic (exact) mass is 210 g/mol. The zero-order chi connectivity index (χ0) is 10.8. The molecule has 0 aromatic rings. The minimum absolute atomic E-state index is 0.574. The minimum Gasteiger partial charge on any atom is -0.337 e. The molecule has 88 valence electrons. The molecule has 0 atom stereocenters. The highest BCUT2D eigenvalue weighted by Crippen LogP contribution is 2.29. The third kappa shape index (κ3) is 2.96. The zero-order valence-corrected chi connectivity index (χ0v) is 10.6. The van der Waals surface area contributed by atoms with E-state index in [9.17, 15) is 0 Å². The van der Waals surface area contributed by atoms with Gasteiger partial charge in [-0.25, -0.2) is 0 Å². The summed E-state index contributed by atoms with van der Waals surface area (Å²) in [6.45, 7) is 5.01. The Bertz CT molecular complexity index is 175. The predicted octanol–water partition coefficient (Wildman–Crippen LogP) is 3.00. The Morgan fingerprint density at radius 2 is 0.933 bits per heavy atom. The summed E-state index contributed by atoms with van der Waals surface area (Å²) in [4.78, 5) is 0. The molecule has 2 saturated carbocycles. The first-order valence-electron chi connectivity index (χ1n) is 6.99. The Morgan fingerprint density at radius 3 is 1.27 bits per heavy atom. The molecule has 2 N–H and O–H groups in total. The van der Waals surface area contributed by atoms with Crippen LogP contribution in [0.25, 0.3) is 0 Å². The molecule has 0 aliphatic heterocycles. The topological polar surface area (TPSA) is 16.6 Å². The Kier molecular flexibility index (Phi) is 3.39. The quantitative estimate of drug-likeness (QED) is 0.721. The molecule has 2 rings (SSSR count). The molecule has 1 nitrogen and oxygen atoms in total. The highest BCUT2D eigenvalue weighted by Gasteiger charge is 2.39. The Morgan fingerprint density at radius 1 is 0.600 bits per heavy atom. The molecule has 0 unspecified atom stereocenters. The van der Waals surface area contributed by atoms with Crippen molar-refractivity contribution in [3.05, 3.63) is 0 Å². The van der Waals surface area contributed by atoms with Gasteiger partial charge in [-0.2, -0.15) is 0 Å². The van der Waals surface area contributed by atoms with E-state index < -0.39 is 0 Å². The first-order chi connectivity index (χ1) is 7.12. The lowest BCUT2D eigenvalue weighted by molar-refractivity contribution is -0.789. The molecule has 0 aromatic heterocycles. The van der Waals surface area contributed by atoms with Crippen LogP contribution in [0.1, 0.15) is 78.1 Å². The average molecular weight is 210 g/mol. The lowest BCUT2D eigenvalue weighted by atomic mass is 9.77. The maximum atomic E-state index is 2.76. The van der Waals surface area contributed by atoms with Crippen molar-refractivity contribution < 1.29 is 5.32 Å². The van der Waals surface area contributed by atoms with Gasteiger partial charge >= 0.3 is 0 Å². The van der Waals surface area contributed by atoms with Crippen LogP contribution < -0.4 is 5.32 Å². The normalized spacial score (nSPS) is 30.0. The Balaban J connectivity index is 1.93. The molecule has 2 aliphatic carbocycles. The molecule has 15 heavy (non-hydrogen) atoms. The highest BCUT2D eigenvalue weighted by atomic mass is 15.0. The van der Waals surface area contributed by atoms with Crippen molar-refractivity contribution in [2.24, 2.45) is 0 Å². The van der Waals surface area contributed by atoms with E-state index in [2.05, 4.69) is 19.2 Å². The van der Waals surface area contributed by atoms with Gasteiger partial charge in [0.05, 0.1) is 11.1 Å². The van der Waals surface area contributed by atoms with E-state index in [4.69, 9.17) is 0 Å². The van der Waals surface area contributed by atoms with Crippen molar-refractivity contribution in [3.63, 3.8) is 0 Å².